The van der Waals surface area contributed by atoms with Gasteiger partial charge in [0, 0.05) is 12.0 Å². The zero-order chi connectivity index (χ0) is 14.2. The molecule has 0 saturated heterocycles. The van der Waals surface area contributed by atoms with Gasteiger partial charge in [-0.1, -0.05) is 25.4 Å². The summed E-state index contributed by atoms with van der Waals surface area (Å²) in [6.07, 6.45) is 0. The first kappa shape index (κ1) is 14.1. The van der Waals surface area contributed by atoms with Crippen molar-refractivity contribution in [2.24, 2.45) is 0 Å². The largest absolute Gasteiger partial charge is 0.479 e. The van der Waals surface area contributed by atoms with Gasteiger partial charge < -0.3 is 9.72 Å². The topological polar surface area (TPSA) is 101 Å². The Balaban J connectivity index is 2.35. The fourth-order valence-corrected chi connectivity index (χ4v) is 2.32. The van der Waals surface area contributed by atoms with E-state index in [0.717, 1.165) is 0 Å². The maximum Gasteiger partial charge on any atom is 0.256 e. The highest BCUT2D eigenvalue weighted by molar-refractivity contribution is 7.70. The van der Waals surface area contributed by atoms with Crippen molar-refractivity contribution in [3.63, 3.8) is 0 Å². The molecule has 2 N–H and O–H groups in total. The van der Waals surface area contributed by atoms with Gasteiger partial charge in [-0.3, -0.25) is 0 Å². The number of methoxy groups -OCH3 is 1. The summed E-state index contributed by atoms with van der Waals surface area (Å²) in [5, 5.41) is 8.61. The molecule has 0 aliphatic rings. The highest BCUT2D eigenvalue weighted by atomic mass is 35.5. The molecule has 2 rings (SSSR count). The molecule has 0 bridgehead atoms. The minimum atomic E-state index is -2.64. The highest BCUT2D eigenvalue weighted by Crippen LogP contribution is 2.28. The van der Waals surface area contributed by atoms with Crippen molar-refractivity contribution < 1.29 is 13.2 Å². The van der Waals surface area contributed by atoms with Crippen molar-refractivity contribution in [2.45, 2.75) is 19.3 Å². The first-order valence-electron chi connectivity index (χ1n) is 5.42. The molecule has 0 aliphatic carbocycles. The van der Waals surface area contributed by atoms with Crippen molar-refractivity contribution in [1.29, 1.82) is 0 Å². The molecule has 0 atom stereocenters. The smallest absolute Gasteiger partial charge is 0.256 e. The van der Waals surface area contributed by atoms with Crippen LogP contribution < -0.4 is 9.46 Å². The number of halogens is 1. The normalized spacial score (nSPS) is 12.5. The number of nitrogens with one attached hydrogen (secondary N) is 2. The zero-order valence-corrected chi connectivity index (χ0v) is 12.2. The lowest BCUT2D eigenvalue weighted by atomic mass is 9.93. The fraction of sp³-hybridized carbons (Fsp3) is 0.556. The standard InChI is InChI=1S/C9H14ClN5O3S/c1-9(2,4-11-19(16)17)8-12-6-5(10)7(18-3)13-15(6)14-8/h19H,4H2,1-3H3,(H,12,14)(H,11,16,17). The number of aromatic nitrogens is 4. The van der Waals surface area contributed by atoms with Gasteiger partial charge in [0.1, 0.15) is 10.8 Å². The molecule has 0 amide bonds. The summed E-state index contributed by atoms with van der Waals surface area (Å²) in [6, 6.07) is 0. The second-order valence-electron chi connectivity index (χ2n) is 4.61. The molecule has 10 heteroatoms. The van der Waals surface area contributed by atoms with E-state index in [-0.39, 0.29) is 12.4 Å². The minimum absolute atomic E-state index is 0.219. The molecule has 0 aliphatic heterocycles. The molecular weight excluding hydrogens is 294 g/mol. The number of nitrogens with zero attached hydrogens (tertiary/aromatic N) is 3. The monoisotopic (exact) mass is 307 g/mol. The van der Waals surface area contributed by atoms with Crippen LogP contribution >= 0.6 is 11.6 Å². The van der Waals surface area contributed by atoms with Gasteiger partial charge in [0.15, 0.2) is 5.65 Å². The molecule has 2 aromatic rings. The summed E-state index contributed by atoms with van der Waals surface area (Å²) < 4.78 is 29.8. The van der Waals surface area contributed by atoms with Crippen LogP contribution in [0.5, 0.6) is 5.88 Å². The van der Waals surface area contributed by atoms with Crippen LogP contribution in [0.4, 0.5) is 0 Å². The summed E-state index contributed by atoms with van der Waals surface area (Å²) in [5.74, 6) is 0.856. The lowest BCUT2D eigenvalue weighted by Gasteiger charge is -2.19. The van der Waals surface area contributed by atoms with Crippen molar-refractivity contribution >= 4 is 28.1 Å². The van der Waals surface area contributed by atoms with Crippen molar-refractivity contribution in [3.8, 4) is 5.88 Å². The zero-order valence-electron chi connectivity index (χ0n) is 10.6. The molecule has 0 saturated carbocycles. The van der Waals surface area contributed by atoms with Gasteiger partial charge in [-0.2, -0.15) is 0 Å². The predicted molar refractivity (Wildman–Crippen MR) is 70.2 cm³/mol. The second kappa shape index (κ2) is 4.99. The van der Waals surface area contributed by atoms with E-state index in [1.807, 2.05) is 13.8 Å². The van der Waals surface area contributed by atoms with E-state index < -0.39 is 16.3 Å². The summed E-state index contributed by atoms with van der Waals surface area (Å²) in [4.78, 5) is 3.02. The summed E-state index contributed by atoms with van der Waals surface area (Å²) in [6.45, 7) is 3.92. The van der Waals surface area contributed by atoms with Crippen molar-refractivity contribution in [1.82, 2.24) is 24.5 Å². The number of H-pyrrole nitrogens is 1. The van der Waals surface area contributed by atoms with E-state index >= 15 is 0 Å². The van der Waals surface area contributed by atoms with E-state index in [1.54, 1.807) is 0 Å². The number of rotatable bonds is 5. The van der Waals surface area contributed by atoms with Crippen molar-refractivity contribution in [2.75, 3.05) is 13.7 Å². The van der Waals surface area contributed by atoms with E-state index in [9.17, 15) is 8.42 Å². The summed E-state index contributed by atoms with van der Waals surface area (Å²) >= 11 is 6.06. The molecule has 19 heavy (non-hydrogen) atoms. The average Bonchev–Trinajstić information content (AvgIpc) is 2.87. The fourth-order valence-electron chi connectivity index (χ4n) is 1.56. The Bertz CT molecular complexity index is 667. The molecular formula is C9H14ClN5O3S. The van der Waals surface area contributed by atoms with Gasteiger partial charge in [0.25, 0.3) is 5.88 Å². The maximum atomic E-state index is 10.6. The lowest BCUT2D eigenvalue weighted by molar-refractivity contribution is 0.392. The Morgan fingerprint density at radius 1 is 1.47 bits per heavy atom. The average molecular weight is 308 g/mol. The third-order valence-corrected chi connectivity index (χ3v) is 3.45. The number of hydrogen-bond donors (Lipinski definition) is 3. The van der Waals surface area contributed by atoms with Gasteiger partial charge in [-0.05, 0) is 0 Å². The predicted octanol–water partition coefficient (Wildman–Crippen LogP) is 0.113. The highest BCUT2D eigenvalue weighted by Gasteiger charge is 2.27. The summed E-state index contributed by atoms with van der Waals surface area (Å²) in [7, 11) is -1.18. The Hall–Kier alpha value is -1.32. The van der Waals surface area contributed by atoms with Crippen LogP contribution in [0.2, 0.25) is 5.02 Å². The van der Waals surface area contributed by atoms with Crippen LogP contribution in [0.15, 0.2) is 0 Å². The van der Waals surface area contributed by atoms with Crippen LogP contribution in [-0.4, -0.2) is 41.9 Å². The molecule has 0 unspecified atom stereocenters. The molecule has 2 heterocycles. The molecule has 8 nitrogen and oxygen atoms in total. The van der Waals surface area contributed by atoms with E-state index in [2.05, 4.69) is 19.9 Å². The van der Waals surface area contributed by atoms with Crippen LogP contribution in [0, 0.1) is 0 Å². The van der Waals surface area contributed by atoms with Crippen LogP contribution in [0.3, 0.4) is 0 Å². The molecule has 0 spiro atoms. The third kappa shape index (κ3) is 2.67. The van der Waals surface area contributed by atoms with Crippen LogP contribution in [-0.2, 0) is 16.3 Å². The van der Waals surface area contributed by atoms with E-state index in [1.165, 1.54) is 11.7 Å². The van der Waals surface area contributed by atoms with Crippen LogP contribution in [0.1, 0.15) is 19.7 Å². The quantitative estimate of drug-likeness (QED) is 0.681. The van der Waals surface area contributed by atoms with E-state index in [0.29, 0.717) is 16.5 Å². The Kier molecular flexibility index (Phi) is 3.70. The van der Waals surface area contributed by atoms with Crippen LogP contribution in [0.25, 0.3) is 5.65 Å². The minimum Gasteiger partial charge on any atom is -0.479 e. The van der Waals surface area contributed by atoms with E-state index in [4.69, 9.17) is 16.3 Å². The lowest BCUT2D eigenvalue weighted by Crippen LogP contribution is -2.33. The first-order valence-corrected chi connectivity index (χ1v) is 6.97. The first-order chi connectivity index (χ1) is 8.85. The molecule has 106 valence electrons. The molecule has 2 aromatic heterocycles. The van der Waals surface area contributed by atoms with Gasteiger partial charge in [0.05, 0.1) is 7.11 Å². The maximum absolute atomic E-state index is 10.6. The second-order valence-corrected chi connectivity index (χ2v) is 5.82. The number of ether oxygens (including phenoxy) is 1. The molecule has 0 aromatic carbocycles. The van der Waals surface area contributed by atoms with Gasteiger partial charge in [-0.15, -0.1) is 14.8 Å². The molecule has 0 radical (unpaired) electrons. The Morgan fingerprint density at radius 3 is 2.68 bits per heavy atom. The number of fused-ring (bicyclic) bond motifs is 1. The Labute approximate surface area is 116 Å². The van der Waals surface area contributed by atoms with Crippen molar-refractivity contribution in [3.05, 3.63) is 10.8 Å². The summed E-state index contributed by atoms with van der Waals surface area (Å²) in [5.41, 5.74) is -0.0137. The number of aromatic amines is 1. The number of thiol groups is 1. The number of hydrogen-bond acceptors (Lipinski definition) is 5. The third-order valence-electron chi connectivity index (χ3n) is 2.70. The van der Waals surface area contributed by atoms with Gasteiger partial charge >= 0.3 is 0 Å². The Morgan fingerprint density at radius 2 is 2.16 bits per heavy atom. The molecule has 0 fully saturated rings. The van der Waals surface area contributed by atoms with Gasteiger partial charge in [0.2, 0.25) is 10.9 Å². The van der Waals surface area contributed by atoms with Gasteiger partial charge in [-0.25, -0.2) is 13.1 Å². The SMILES string of the molecule is COc1nn2nc(C(C)(C)CN[SH](=O)=O)[nH]c2c1Cl.